The first-order valence-electron chi connectivity index (χ1n) is 6.60. The van der Waals surface area contributed by atoms with E-state index in [0.29, 0.717) is 0 Å². The van der Waals surface area contributed by atoms with Gasteiger partial charge in [0.05, 0.1) is 13.0 Å². The van der Waals surface area contributed by atoms with Crippen LogP contribution in [0.1, 0.15) is 37.3 Å². The molecule has 1 aliphatic carbocycles. The third-order valence-electron chi connectivity index (χ3n) is 3.68. The number of aryl methyl sites for hydroxylation is 1. The van der Waals surface area contributed by atoms with Crippen molar-refractivity contribution in [2.75, 3.05) is 7.11 Å². The van der Waals surface area contributed by atoms with Crippen LogP contribution in [0.25, 0.3) is 5.57 Å². The van der Waals surface area contributed by atoms with Gasteiger partial charge in [0.1, 0.15) is 0 Å². The van der Waals surface area contributed by atoms with Gasteiger partial charge in [-0.05, 0) is 42.4 Å². The zero-order chi connectivity index (χ0) is 13.0. The molecule has 0 fully saturated rings. The Kier molecular flexibility index (Phi) is 4.19. The van der Waals surface area contributed by atoms with Crippen LogP contribution in [0.4, 0.5) is 0 Å². The Morgan fingerprint density at radius 1 is 1.33 bits per heavy atom. The largest absolute Gasteiger partial charge is 0.469 e. The quantitative estimate of drug-likeness (QED) is 0.759. The van der Waals surface area contributed by atoms with Crippen LogP contribution in [0, 0.1) is 5.92 Å². The van der Waals surface area contributed by atoms with E-state index in [1.165, 1.54) is 23.8 Å². The molecule has 0 saturated carbocycles. The molecule has 1 aliphatic rings. The molecule has 1 aromatic carbocycles. The Labute approximate surface area is 109 Å². The van der Waals surface area contributed by atoms with Crippen LogP contribution in [0.5, 0.6) is 0 Å². The van der Waals surface area contributed by atoms with Crippen LogP contribution in [0.15, 0.2) is 30.3 Å². The standard InChI is InChI=1S/C16H20O2/c1-3-12-4-6-13(7-5-12)14-8-10-15(11-9-14)16(17)18-2/h4-8,15H,3,9-11H2,1-2H3. The average Bonchev–Trinajstić information content (AvgIpc) is 2.47. The van der Waals surface area contributed by atoms with E-state index in [-0.39, 0.29) is 11.9 Å². The molecular formula is C16H20O2. The molecule has 18 heavy (non-hydrogen) atoms. The van der Waals surface area contributed by atoms with Crippen LogP contribution >= 0.6 is 0 Å². The van der Waals surface area contributed by atoms with Gasteiger partial charge in [-0.3, -0.25) is 4.79 Å². The first kappa shape index (κ1) is 12.9. The fourth-order valence-corrected chi connectivity index (χ4v) is 2.43. The van der Waals surface area contributed by atoms with Crippen LogP contribution < -0.4 is 0 Å². The van der Waals surface area contributed by atoms with Crippen LogP contribution in [0.3, 0.4) is 0 Å². The molecule has 2 nitrogen and oxygen atoms in total. The molecule has 0 radical (unpaired) electrons. The molecule has 0 N–H and O–H groups in total. The SMILES string of the molecule is CCc1ccc(C2=CCC(C(=O)OC)CC2)cc1. The lowest BCUT2D eigenvalue weighted by atomic mass is 9.86. The van der Waals surface area contributed by atoms with Crippen molar-refractivity contribution < 1.29 is 9.53 Å². The number of ether oxygens (including phenoxy) is 1. The lowest BCUT2D eigenvalue weighted by Crippen LogP contribution is -2.18. The van der Waals surface area contributed by atoms with Gasteiger partial charge >= 0.3 is 5.97 Å². The predicted octanol–water partition coefficient (Wildman–Crippen LogP) is 3.61. The predicted molar refractivity (Wildman–Crippen MR) is 73.2 cm³/mol. The van der Waals surface area contributed by atoms with Crippen molar-refractivity contribution in [3.8, 4) is 0 Å². The van der Waals surface area contributed by atoms with E-state index < -0.39 is 0 Å². The summed E-state index contributed by atoms with van der Waals surface area (Å²) in [5.41, 5.74) is 4.01. The van der Waals surface area contributed by atoms with Crippen molar-refractivity contribution in [1.29, 1.82) is 0 Å². The van der Waals surface area contributed by atoms with Gasteiger partial charge in [0.2, 0.25) is 0 Å². The van der Waals surface area contributed by atoms with Crippen LogP contribution in [-0.4, -0.2) is 13.1 Å². The molecule has 0 spiro atoms. The lowest BCUT2D eigenvalue weighted by Gasteiger charge is -2.20. The molecule has 0 aliphatic heterocycles. The number of hydrogen-bond acceptors (Lipinski definition) is 2. The second kappa shape index (κ2) is 5.85. The number of hydrogen-bond donors (Lipinski definition) is 0. The Hall–Kier alpha value is -1.57. The maximum atomic E-state index is 11.4. The molecule has 2 heteroatoms. The van der Waals surface area contributed by atoms with E-state index >= 15 is 0 Å². The number of benzene rings is 1. The monoisotopic (exact) mass is 244 g/mol. The fourth-order valence-electron chi connectivity index (χ4n) is 2.43. The van der Waals surface area contributed by atoms with E-state index in [9.17, 15) is 4.79 Å². The normalized spacial score (nSPS) is 19.2. The topological polar surface area (TPSA) is 26.3 Å². The smallest absolute Gasteiger partial charge is 0.308 e. The summed E-state index contributed by atoms with van der Waals surface area (Å²) in [4.78, 5) is 11.4. The average molecular weight is 244 g/mol. The summed E-state index contributed by atoms with van der Waals surface area (Å²) in [5, 5.41) is 0. The maximum Gasteiger partial charge on any atom is 0.308 e. The first-order valence-corrected chi connectivity index (χ1v) is 6.60. The van der Waals surface area contributed by atoms with Gasteiger partial charge in [0.15, 0.2) is 0 Å². The van der Waals surface area contributed by atoms with E-state index in [2.05, 4.69) is 37.3 Å². The highest BCUT2D eigenvalue weighted by Crippen LogP contribution is 2.30. The van der Waals surface area contributed by atoms with Gasteiger partial charge in [-0.1, -0.05) is 37.3 Å². The summed E-state index contributed by atoms with van der Waals surface area (Å²) in [7, 11) is 1.46. The molecule has 0 amide bonds. The van der Waals surface area contributed by atoms with Gasteiger partial charge in [0.25, 0.3) is 0 Å². The molecule has 1 aromatic rings. The van der Waals surface area contributed by atoms with Gasteiger partial charge in [0, 0.05) is 0 Å². The Balaban J connectivity index is 2.06. The number of methoxy groups -OCH3 is 1. The highest BCUT2D eigenvalue weighted by Gasteiger charge is 2.22. The van der Waals surface area contributed by atoms with Crippen LogP contribution in [-0.2, 0) is 16.0 Å². The number of carbonyl (C=O) groups excluding carboxylic acids is 1. The van der Waals surface area contributed by atoms with Crippen molar-refractivity contribution in [3.63, 3.8) is 0 Å². The molecule has 96 valence electrons. The maximum absolute atomic E-state index is 11.4. The van der Waals surface area contributed by atoms with Crippen molar-refractivity contribution >= 4 is 11.5 Å². The minimum Gasteiger partial charge on any atom is -0.469 e. The lowest BCUT2D eigenvalue weighted by molar-refractivity contribution is -0.145. The number of carbonyl (C=O) groups is 1. The van der Waals surface area contributed by atoms with Gasteiger partial charge in [-0.25, -0.2) is 0 Å². The molecular weight excluding hydrogens is 224 g/mol. The Morgan fingerprint density at radius 2 is 2.06 bits per heavy atom. The van der Waals surface area contributed by atoms with E-state index in [0.717, 1.165) is 25.7 Å². The zero-order valence-corrected chi connectivity index (χ0v) is 11.1. The van der Waals surface area contributed by atoms with Gasteiger partial charge < -0.3 is 4.74 Å². The first-order chi connectivity index (χ1) is 8.74. The summed E-state index contributed by atoms with van der Waals surface area (Å²) < 4.78 is 4.79. The second-order valence-corrected chi connectivity index (χ2v) is 4.77. The number of esters is 1. The summed E-state index contributed by atoms with van der Waals surface area (Å²) in [6.07, 6.45) is 5.92. The summed E-state index contributed by atoms with van der Waals surface area (Å²) in [6.45, 7) is 2.16. The van der Waals surface area contributed by atoms with E-state index in [1.807, 2.05) is 0 Å². The van der Waals surface area contributed by atoms with Crippen molar-refractivity contribution in [2.45, 2.75) is 32.6 Å². The molecule has 1 unspecified atom stereocenters. The molecule has 0 bridgehead atoms. The Morgan fingerprint density at radius 3 is 2.56 bits per heavy atom. The zero-order valence-electron chi connectivity index (χ0n) is 11.1. The molecule has 0 aromatic heterocycles. The van der Waals surface area contributed by atoms with E-state index in [4.69, 9.17) is 4.74 Å². The Bertz CT molecular complexity index is 443. The minimum atomic E-state index is -0.0772. The number of rotatable bonds is 3. The summed E-state index contributed by atoms with van der Waals surface area (Å²) in [6, 6.07) is 8.73. The van der Waals surface area contributed by atoms with Gasteiger partial charge in [-0.2, -0.15) is 0 Å². The highest BCUT2D eigenvalue weighted by atomic mass is 16.5. The molecule has 2 rings (SSSR count). The minimum absolute atomic E-state index is 0.0497. The van der Waals surface area contributed by atoms with E-state index in [1.54, 1.807) is 0 Å². The van der Waals surface area contributed by atoms with Gasteiger partial charge in [-0.15, -0.1) is 0 Å². The third-order valence-corrected chi connectivity index (χ3v) is 3.68. The fraction of sp³-hybridized carbons (Fsp3) is 0.438. The van der Waals surface area contributed by atoms with Crippen molar-refractivity contribution in [1.82, 2.24) is 0 Å². The molecule has 0 saturated heterocycles. The highest BCUT2D eigenvalue weighted by molar-refractivity contribution is 5.75. The molecule has 1 atom stereocenters. The summed E-state index contributed by atoms with van der Waals surface area (Å²) >= 11 is 0. The molecule has 0 heterocycles. The summed E-state index contributed by atoms with van der Waals surface area (Å²) in [5.74, 6) is -0.0275. The second-order valence-electron chi connectivity index (χ2n) is 4.77. The van der Waals surface area contributed by atoms with Crippen molar-refractivity contribution in [2.24, 2.45) is 5.92 Å². The third kappa shape index (κ3) is 2.81. The van der Waals surface area contributed by atoms with Crippen LogP contribution in [0.2, 0.25) is 0 Å². The van der Waals surface area contributed by atoms with Crippen molar-refractivity contribution in [3.05, 3.63) is 41.5 Å². The number of allylic oxidation sites excluding steroid dienone is 2.